The molecule has 1 aromatic heterocycles. The fourth-order valence-electron chi connectivity index (χ4n) is 1.26. The van der Waals surface area contributed by atoms with Crippen molar-refractivity contribution in [3.63, 3.8) is 0 Å². The van der Waals surface area contributed by atoms with Crippen molar-refractivity contribution in [3.8, 4) is 0 Å². The van der Waals surface area contributed by atoms with Gasteiger partial charge in [-0.1, -0.05) is 10.8 Å². The average Bonchev–Trinajstić information content (AvgIpc) is 2.61. The van der Waals surface area contributed by atoms with Crippen LogP contribution in [0.3, 0.4) is 0 Å². The van der Waals surface area contributed by atoms with E-state index in [1.54, 1.807) is 0 Å². The lowest BCUT2D eigenvalue weighted by atomic mass is 10.3. The van der Waals surface area contributed by atoms with Gasteiger partial charge in [-0.2, -0.15) is 8.42 Å². The normalized spacial score (nSPS) is 11.5. The maximum Gasteiger partial charge on any atom is 0.368 e. The minimum Gasteiger partial charge on any atom is -0.468 e. The molecule has 0 fully saturated rings. The van der Waals surface area contributed by atoms with Crippen LogP contribution in [0.25, 0.3) is 0 Å². The van der Waals surface area contributed by atoms with Crippen molar-refractivity contribution < 1.29 is 21.8 Å². The minimum absolute atomic E-state index is 0.231. The number of ether oxygens (including phenoxy) is 1. The van der Waals surface area contributed by atoms with Gasteiger partial charge in [0.1, 0.15) is 12.4 Å². The fraction of sp³-hybridized carbons (Fsp3) is 0.625. The molecule has 1 rings (SSSR count). The molecule has 0 aliphatic heterocycles. The van der Waals surface area contributed by atoms with Crippen LogP contribution in [0.4, 0.5) is 3.89 Å². The molecule has 0 N–H and O–H groups in total. The second-order valence-corrected chi connectivity index (χ2v) is 4.49. The minimum atomic E-state index is -5.00. The highest BCUT2D eigenvalue weighted by Gasteiger charge is 2.25. The summed E-state index contributed by atoms with van der Waals surface area (Å²) in [5.74, 6) is -0.471. The number of hydrogen-bond donors (Lipinski definition) is 0. The predicted molar refractivity (Wildman–Crippen MR) is 54.3 cm³/mol. The van der Waals surface area contributed by atoms with Gasteiger partial charge in [0.2, 0.25) is 0 Å². The highest BCUT2D eigenvalue weighted by molar-refractivity contribution is 7.86. The molecular weight excluding hydrogens is 253 g/mol. The number of aromatic nitrogens is 3. The molecule has 7 nitrogen and oxygen atoms in total. The molecular formula is C8H12FN3O4S. The van der Waals surface area contributed by atoms with Gasteiger partial charge in [-0.05, 0) is 6.42 Å². The Labute approximate surface area is 97.8 Å². The molecule has 0 aromatic carbocycles. The van der Waals surface area contributed by atoms with Crippen molar-refractivity contribution >= 4 is 16.2 Å². The SMILES string of the molecule is CCCc1nnc(S(=O)(=O)F)n1CC(=O)OC. The molecule has 9 heteroatoms. The number of methoxy groups -OCH3 is 1. The monoisotopic (exact) mass is 265 g/mol. The zero-order chi connectivity index (χ0) is 13.1. The van der Waals surface area contributed by atoms with E-state index in [1.807, 2.05) is 6.92 Å². The second kappa shape index (κ2) is 5.21. The highest BCUT2D eigenvalue weighted by atomic mass is 32.3. The lowest BCUT2D eigenvalue weighted by Gasteiger charge is -2.05. The Morgan fingerprint density at radius 2 is 2.12 bits per heavy atom. The van der Waals surface area contributed by atoms with Crippen LogP contribution in [-0.4, -0.2) is 36.3 Å². The van der Waals surface area contributed by atoms with Crippen molar-refractivity contribution in [1.29, 1.82) is 0 Å². The van der Waals surface area contributed by atoms with Gasteiger partial charge >= 0.3 is 16.2 Å². The van der Waals surface area contributed by atoms with Gasteiger partial charge in [0.25, 0.3) is 5.16 Å². The topological polar surface area (TPSA) is 91.1 Å². The van der Waals surface area contributed by atoms with E-state index in [0.717, 1.165) is 11.7 Å². The van der Waals surface area contributed by atoms with Gasteiger partial charge < -0.3 is 4.74 Å². The van der Waals surface area contributed by atoms with Crippen molar-refractivity contribution in [2.24, 2.45) is 0 Å². The number of nitrogens with zero attached hydrogens (tertiary/aromatic N) is 3. The number of hydrogen-bond acceptors (Lipinski definition) is 6. The van der Waals surface area contributed by atoms with Crippen molar-refractivity contribution in [3.05, 3.63) is 5.82 Å². The molecule has 96 valence electrons. The molecule has 1 aromatic rings. The van der Waals surface area contributed by atoms with E-state index in [-0.39, 0.29) is 5.82 Å². The summed E-state index contributed by atoms with van der Waals surface area (Å²) in [5, 5.41) is 5.91. The highest BCUT2D eigenvalue weighted by Crippen LogP contribution is 2.13. The zero-order valence-corrected chi connectivity index (χ0v) is 10.2. The first-order valence-corrected chi connectivity index (χ1v) is 6.22. The maximum atomic E-state index is 12.9. The lowest BCUT2D eigenvalue weighted by Crippen LogP contribution is -2.17. The lowest BCUT2D eigenvalue weighted by molar-refractivity contribution is -0.141. The summed E-state index contributed by atoms with van der Waals surface area (Å²) >= 11 is 0. The van der Waals surface area contributed by atoms with Crippen LogP contribution < -0.4 is 0 Å². The standard InChI is InChI=1S/C8H12FN3O4S/c1-3-4-6-10-11-8(17(9,14)15)12(6)5-7(13)16-2/h3-5H2,1-2H3. The van der Waals surface area contributed by atoms with E-state index >= 15 is 0 Å². The van der Waals surface area contributed by atoms with Crippen molar-refractivity contribution in [2.75, 3.05) is 7.11 Å². The number of aryl methyl sites for hydroxylation is 1. The molecule has 0 aliphatic rings. The van der Waals surface area contributed by atoms with E-state index in [9.17, 15) is 17.1 Å². The summed E-state index contributed by atoms with van der Waals surface area (Å²) in [7, 11) is -3.85. The summed E-state index contributed by atoms with van der Waals surface area (Å²) in [4.78, 5) is 11.1. The van der Waals surface area contributed by atoms with Gasteiger partial charge in [0, 0.05) is 6.42 Å². The number of carbonyl (C=O) groups is 1. The molecule has 0 spiro atoms. The van der Waals surface area contributed by atoms with Crippen LogP contribution in [0.15, 0.2) is 5.16 Å². The fourth-order valence-corrected chi connectivity index (χ4v) is 1.83. The Bertz CT molecular complexity index is 511. The average molecular weight is 265 g/mol. The van der Waals surface area contributed by atoms with Crippen LogP contribution in [0.1, 0.15) is 19.2 Å². The van der Waals surface area contributed by atoms with E-state index in [4.69, 9.17) is 0 Å². The van der Waals surface area contributed by atoms with Gasteiger partial charge in [0.05, 0.1) is 7.11 Å². The zero-order valence-electron chi connectivity index (χ0n) is 9.38. The van der Waals surface area contributed by atoms with Crippen LogP contribution >= 0.6 is 0 Å². The van der Waals surface area contributed by atoms with Crippen molar-refractivity contribution in [1.82, 2.24) is 14.8 Å². The van der Waals surface area contributed by atoms with Crippen LogP contribution in [-0.2, 0) is 32.7 Å². The summed E-state index contributed by atoms with van der Waals surface area (Å²) in [5.41, 5.74) is 0. The smallest absolute Gasteiger partial charge is 0.368 e. The first kappa shape index (κ1) is 13.6. The molecule has 0 atom stereocenters. The Kier molecular flexibility index (Phi) is 4.16. The third kappa shape index (κ3) is 3.22. The van der Waals surface area contributed by atoms with Crippen LogP contribution in [0, 0.1) is 0 Å². The third-order valence-corrected chi connectivity index (χ3v) is 2.74. The maximum absolute atomic E-state index is 12.9. The molecule has 0 radical (unpaired) electrons. The van der Waals surface area contributed by atoms with Gasteiger partial charge in [0.15, 0.2) is 0 Å². The van der Waals surface area contributed by atoms with Crippen molar-refractivity contribution in [2.45, 2.75) is 31.5 Å². The van der Waals surface area contributed by atoms with Crippen LogP contribution in [0.2, 0.25) is 0 Å². The van der Waals surface area contributed by atoms with Gasteiger partial charge in [-0.15, -0.1) is 10.2 Å². The Morgan fingerprint density at radius 3 is 2.59 bits per heavy atom. The number of esters is 1. The summed E-state index contributed by atoms with van der Waals surface area (Å²) in [6.45, 7) is 1.40. The van der Waals surface area contributed by atoms with E-state index in [2.05, 4.69) is 14.9 Å². The summed E-state index contributed by atoms with van der Waals surface area (Å²) in [6.07, 6.45) is 1.05. The summed E-state index contributed by atoms with van der Waals surface area (Å²) in [6, 6.07) is 0. The Balaban J connectivity index is 3.19. The Morgan fingerprint density at radius 1 is 1.47 bits per heavy atom. The first-order valence-electron chi connectivity index (χ1n) is 4.83. The number of halogens is 1. The molecule has 0 unspecified atom stereocenters. The second-order valence-electron chi connectivity index (χ2n) is 3.25. The summed E-state index contributed by atoms with van der Waals surface area (Å²) < 4.78 is 39.8. The first-order chi connectivity index (χ1) is 7.90. The Hall–Kier alpha value is -1.51. The molecule has 17 heavy (non-hydrogen) atoms. The molecule has 1 heterocycles. The van der Waals surface area contributed by atoms with Gasteiger partial charge in [-0.3, -0.25) is 9.36 Å². The predicted octanol–water partition coefficient (Wildman–Crippen LogP) is 0.0618. The largest absolute Gasteiger partial charge is 0.468 e. The molecule has 0 saturated heterocycles. The third-order valence-electron chi connectivity index (χ3n) is 2.00. The molecule has 0 bridgehead atoms. The van der Waals surface area contributed by atoms with E-state index < -0.39 is 27.9 Å². The quantitative estimate of drug-likeness (QED) is 0.552. The van der Waals surface area contributed by atoms with Crippen LogP contribution in [0.5, 0.6) is 0 Å². The van der Waals surface area contributed by atoms with E-state index in [0.29, 0.717) is 12.8 Å². The molecule has 0 saturated carbocycles. The molecule has 0 amide bonds. The number of carbonyl (C=O) groups excluding carboxylic acids is 1. The molecule has 0 aliphatic carbocycles. The van der Waals surface area contributed by atoms with E-state index in [1.165, 1.54) is 0 Å². The van der Waals surface area contributed by atoms with Gasteiger partial charge in [-0.25, -0.2) is 0 Å². The number of rotatable bonds is 5.